The number of fused-ring (bicyclic) bond motifs is 5. The Balaban J connectivity index is 1.91. The minimum Gasteiger partial charge on any atom is -0.0614 e. The van der Waals surface area contributed by atoms with Crippen LogP contribution in [-0.4, -0.2) is 0 Å². The Morgan fingerprint density at radius 2 is 1.73 bits per heavy atom. The molecule has 1 fully saturated rings. The Morgan fingerprint density at radius 1 is 0.909 bits per heavy atom. The fraction of sp³-hybridized carbons (Fsp3) is 0.545. The smallest absolute Gasteiger partial charge is 0.00998 e. The van der Waals surface area contributed by atoms with Crippen LogP contribution in [0.2, 0.25) is 0 Å². The van der Waals surface area contributed by atoms with Crippen LogP contribution in [0.4, 0.5) is 0 Å². The molecule has 0 aliphatic heterocycles. The lowest BCUT2D eigenvalue weighted by Gasteiger charge is -2.51. The molecule has 2 aromatic rings. The van der Waals surface area contributed by atoms with Gasteiger partial charge in [-0.15, -0.1) is 0 Å². The number of hydrogen-bond donors (Lipinski definition) is 0. The van der Waals surface area contributed by atoms with Crippen LogP contribution >= 0.6 is 0 Å². The second-order valence-corrected chi connectivity index (χ2v) is 8.88. The highest BCUT2D eigenvalue weighted by molar-refractivity contribution is 5.89. The molecule has 0 radical (unpaired) electrons. The first kappa shape index (κ1) is 14.3. The van der Waals surface area contributed by atoms with Gasteiger partial charge in [0.25, 0.3) is 0 Å². The highest BCUT2D eigenvalue weighted by Crippen LogP contribution is 2.58. The van der Waals surface area contributed by atoms with Crippen molar-refractivity contribution in [2.24, 2.45) is 10.8 Å². The predicted octanol–water partition coefficient (Wildman–Crippen LogP) is 6.39. The summed E-state index contributed by atoms with van der Waals surface area (Å²) in [5.41, 5.74) is 5.76. The third-order valence-corrected chi connectivity index (χ3v) is 6.72. The van der Waals surface area contributed by atoms with E-state index in [-0.39, 0.29) is 0 Å². The van der Waals surface area contributed by atoms with Gasteiger partial charge in [-0.1, -0.05) is 51.1 Å². The van der Waals surface area contributed by atoms with Crippen LogP contribution in [0.25, 0.3) is 10.8 Å². The molecule has 2 aliphatic rings. The Morgan fingerprint density at radius 3 is 2.55 bits per heavy atom. The fourth-order valence-corrected chi connectivity index (χ4v) is 5.09. The van der Waals surface area contributed by atoms with Gasteiger partial charge in [-0.05, 0) is 83.2 Å². The SMILES string of the molecule is Cc1cccc2c3c(ccc12)C1CC(C)(C)CCC1(C)CC3. The normalized spacial score (nSPS) is 29.9. The van der Waals surface area contributed by atoms with Gasteiger partial charge >= 0.3 is 0 Å². The summed E-state index contributed by atoms with van der Waals surface area (Å²) in [6, 6.07) is 11.7. The summed E-state index contributed by atoms with van der Waals surface area (Å²) in [5.74, 6) is 0.755. The summed E-state index contributed by atoms with van der Waals surface area (Å²) >= 11 is 0. The molecule has 2 aliphatic carbocycles. The largest absolute Gasteiger partial charge is 0.0614 e. The summed E-state index contributed by atoms with van der Waals surface area (Å²) in [5, 5.41) is 2.97. The van der Waals surface area contributed by atoms with Crippen molar-refractivity contribution in [3.63, 3.8) is 0 Å². The van der Waals surface area contributed by atoms with E-state index in [1.807, 2.05) is 0 Å². The topological polar surface area (TPSA) is 0 Å². The molecule has 1 saturated carbocycles. The Labute approximate surface area is 134 Å². The van der Waals surface area contributed by atoms with Gasteiger partial charge in [0.15, 0.2) is 0 Å². The van der Waals surface area contributed by atoms with Crippen molar-refractivity contribution in [1.82, 2.24) is 0 Å². The molecule has 0 aromatic heterocycles. The molecule has 0 N–H and O–H groups in total. The van der Waals surface area contributed by atoms with Gasteiger partial charge in [0.05, 0.1) is 0 Å². The maximum Gasteiger partial charge on any atom is -0.00998 e. The van der Waals surface area contributed by atoms with E-state index in [2.05, 4.69) is 58.0 Å². The van der Waals surface area contributed by atoms with E-state index in [1.54, 1.807) is 11.1 Å². The quantitative estimate of drug-likeness (QED) is 0.527. The Bertz CT molecular complexity index is 737. The average molecular weight is 292 g/mol. The molecular formula is C22H28. The number of rotatable bonds is 0. The summed E-state index contributed by atoms with van der Waals surface area (Å²) < 4.78 is 0. The average Bonchev–Trinajstić information content (AvgIpc) is 2.48. The van der Waals surface area contributed by atoms with Gasteiger partial charge in [-0.2, -0.15) is 0 Å². The van der Waals surface area contributed by atoms with Gasteiger partial charge < -0.3 is 0 Å². The summed E-state index contributed by atoms with van der Waals surface area (Å²) in [6.45, 7) is 9.72. The van der Waals surface area contributed by atoms with Crippen molar-refractivity contribution >= 4 is 10.8 Å². The first-order valence-corrected chi connectivity index (χ1v) is 8.91. The van der Waals surface area contributed by atoms with Crippen LogP contribution < -0.4 is 0 Å². The maximum absolute atomic E-state index is 2.55. The molecule has 2 atom stereocenters. The predicted molar refractivity (Wildman–Crippen MR) is 95.5 cm³/mol. The molecule has 0 amide bonds. The second kappa shape index (κ2) is 4.60. The van der Waals surface area contributed by atoms with Crippen molar-refractivity contribution in [3.8, 4) is 0 Å². The molecule has 0 heterocycles. The van der Waals surface area contributed by atoms with E-state index < -0.39 is 0 Å². The molecule has 4 rings (SSSR count). The summed E-state index contributed by atoms with van der Waals surface area (Å²) in [4.78, 5) is 0. The second-order valence-electron chi connectivity index (χ2n) is 8.88. The van der Waals surface area contributed by atoms with E-state index in [0.717, 1.165) is 5.92 Å². The van der Waals surface area contributed by atoms with Gasteiger partial charge in [-0.25, -0.2) is 0 Å². The van der Waals surface area contributed by atoms with E-state index in [1.165, 1.54) is 48.4 Å². The fourth-order valence-electron chi connectivity index (χ4n) is 5.09. The lowest BCUT2D eigenvalue weighted by Crippen LogP contribution is -2.39. The van der Waals surface area contributed by atoms with Crippen molar-refractivity contribution in [1.29, 1.82) is 0 Å². The minimum absolute atomic E-state index is 0.500. The molecule has 2 aromatic carbocycles. The van der Waals surface area contributed by atoms with Crippen LogP contribution in [0, 0.1) is 17.8 Å². The standard InChI is InChI=1S/C22H28/c1-15-6-5-7-17-16(15)8-9-19-18(17)10-11-22(4)13-12-21(2,3)14-20(19)22/h5-9,20H,10-14H2,1-4H3. The molecule has 116 valence electrons. The molecular weight excluding hydrogens is 264 g/mol. The van der Waals surface area contributed by atoms with E-state index in [4.69, 9.17) is 0 Å². The summed E-state index contributed by atoms with van der Waals surface area (Å²) in [6.07, 6.45) is 6.78. The van der Waals surface area contributed by atoms with Gasteiger partial charge in [-0.3, -0.25) is 0 Å². The third kappa shape index (κ3) is 2.03. The lowest BCUT2D eigenvalue weighted by molar-refractivity contribution is 0.0705. The maximum atomic E-state index is 2.55. The zero-order valence-electron chi connectivity index (χ0n) is 14.5. The number of benzene rings is 2. The van der Waals surface area contributed by atoms with Crippen LogP contribution in [0.5, 0.6) is 0 Å². The zero-order chi connectivity index (χ0) is 15.5. The molecule has 2 unspecified atom stereocenters. The molecule has 0 saturated heterocycles. The van der Waals surface area contributed by atoms with E-state index in [9.17, 15) is 0 Å². The van der Waals surface area contributed by atoms with Crippen molar-refractivity contribution in [2.45, 2.75) is 65.7 Å². The van der Waals surface area contributed by atoms with Crippen molar-refractivity contribution < 1.29 is 0 Å². The summed E-state index contributed by atoms with van der Waals surface area (Å²) in [7, 11) is 0. The lowest BCUT2D eigenvalue weighted by atomic mass is 9.53. The van der Waals surface area contributed by atoms with Crippen molar-refractivity contribution in [2.75, 3.05) is 0 Å². The van der Waals surface area contributed by atoms with Crippen LogP contribution in [0.1, 0.15) is 69.1 Å². The van der Waals surface area contributed by atoms with Gasteiger partial charge in [0.2, 0.25) is 0 Å². The molecule has 22 heavy (non-hydrogen) atoms. The highest BCUT2D eigenvalue weighted by atomic mass is 14.5. The first-order valence-electron chi connectivity index (χ1n) is 8.91. The van der Waals surface area contributed by atoms with Crippen molar-refractivity contribution in [3.05, 3.63) is 47.0 Å². The number of hydrogen-bond acceptors (Lipinski definition) is 0. The highest BCUT2D eigenvalue weighted by Gasteiger charge is 2.46. The monoisotopic (exact) mass is 292 g/mol. The molecule has 0 heteroatoms. The Kier molecular flexibility index (Phi) is 2.99. The van der Waals surface area contributed by atoms with Gasteiger partial charge in [0, 0.05) is 0 Å². The minimum atomic E-state index is 0.500. The first-order chi connectivity index (χ1) is 10.4. The molecule has 0 bridgehead atoms. The molecule has 0 spiro atoms. The molecule has 0 nitrogen and oxygen atoms in total. The van der Waals surface area contributed by atoms with Crippen LogP contribution in [0.15, 0.2) is 30.3 Å². The van der Waals surface area contributed by atoms with E-state index in [0.29, 0.717) is 10.8 Å². The Hall–Kier alpha value is -1.30. The van der Waals surface area contributed by atoms with E-state index >= 15 is 0 Å². The number of aryl methyl sites for hydroxylation is 2. The van der Waals surface area contributed by atoms with Gasteiger partial charge in [0.1, 0.15) is 0 Å². The van der Waals surface area contributed by atoms with Crippen LogP contribution in [-0.2, 0) is 6.42 Å². The zero-order valence-corrected chi connectivity index (χ0v) is 14.5. The third-order valence-electron chi connectivity index (χ3n) is 6.72. The van der Waals surface area contributed by atoms with Crippen LogP contribution in [0.3, 0.4) is 0 Å².